The molecule has 0 fully saturated rings. The van der Waals surface area contributed by atoms with Gasteiger partial charge < -0.3 is 5.32 Å². The number of aromatic nitrogens is 1. The van der Waals surface area contributed by atoms with E-state index in [0.29, 0.717) is 11.1 Å². The fourth-order valence-electron chi connectivity index (χ4n) is 1.76. The number of halogens is 3. The van der Waals surface area contributed by atoms with Crippen LogP contribution in [0.4, 0.5) is 18.9 Å². The van der Waals surface area contributed by atoms with Crippen molar-refractivity contribution in [2.45, 2.75) is 13.3 Å². The van der Waals surface area contributed by atoms with Crippen molar-refractivity contribution < 1.29 is 13.2 Å². The lowest BCUT2D eigenvalue weighted by molar-refractivity contribution is 0.146. The molecule has 2 rings (SSSR count). The van der Waals surface area contributed by atoms with Gasteiger partial charge in [0.05, 0.1) is 0 Å². The van der Waals surface area contributed by atoms with Gasteiger partial charge in [-0.1, -0.05) is 0 Å². The first-order chi connectivity index (χ1) is 8.02. The van der Waals surface area contributed by atoms with E-state index >= 15 is 0 Å². The molecule has 0 saturated heterocycles. The van der Waals surface area contributed by atoms with Crippen molar-refractivity contribution in [2.24, 2.45) is 0 Å². The fourth-order valence-corrected chi connectivity index (χ4v) is 1.76. The molecule has 1 aromatic heterocycles. The van der Waals surface area contributed by atoms with E-state index in [9.17, 15) is 13.2 Å². The molecule has 2 aromatic rings. The number of aryl methyl sites for hydroxylation is 1. The number of fused-ring (bicyclic) bond motifs is 1. The molecule has 0 atom stereocenters. The zero-order valence-electron chi connectivity index (χ0n) is 9.39. The van der Waals surface area contributed by atoms with E-state index in [0.717, 1.165) is 5.56 Å². The highest BCUT2D eigenvalue weighted by Crippen LogP contribution is 2.29. The summed E-state index contributed by atoms with van der Waals surface area (Å²) in [6, 6.07) is 4.24. The summed E-state index contributed by atoms with van der Waals surface area (Å²) in [5, 5.41) is 3.29. The molecule has 90 valence electrons. The molecule has 2 nitrogen and oxygen atoms in total. The normalized spacial score (nSPS) is 11.2. The van der Waals surface area contributed by atoms with Gasteiger partial charge in [-0.15, -0.1) is 0 Å². The summed E-state index contributed by atoms with van der Waals surface area (Å²) < 4.78 is 38.9. The van der Waals surface area contributed by atoms with E-state index in [1.54, 1.807) is 20.0 Å². The van der Waals surface area contributed by atoms with Gasteiger partial charge in [-0.25, -0.2) is 18.2 Å². The summed E-state index contributed by atoms with van der Waals surface area (Å²) >= 11 is 0. The lowest BCUT2D eigenvalue weighted by Crippen LogP contribution is -1.99. The van der Waals surface area contributed by atoms with E-state index in [4.69, 9.17) is 0 Å². The molecule has 0 aliphatic rings. The number of hydrogen-bond donors (Lipinski definition) is 1. The Hall–Kier alpha value is -1.78. The first-order valence-corrected chi connectivity index (χ1v) is 5.09. The summed E-state index contributed by atoms with van der Waals surface area (Å²) in [4.78, 5) is 3.66. The van der Waals surface area contributed by atoms with Crippen LogP contribution in [0, 0.1) is 12.7 Å². The number of pyridine rings is 1. The second-order valence-electron chi connectivity index (χ2n) is 3.79. The average Bonchev–Trinajstić information content (AvgIpc) is 2.27. The standard InChI is InChI=1S/C12H11F3N2/c1-6-3-7-9(16-2)5-10(12(14)15)17-11(7)8(13)4-6/h3-5,12H,1-2H3,(H,16,17). The number of anilines is 1. The number of alkyl halides is 2. The van der Waals surface area contributed by atoms with Crippen molar-refractivity contribution in [1.29, 1.82) is 0 Å². The van der Waals surface area contributed by atoms with E-state index < -0.39 is 17.9 Å². The molecule has 5 heteroatoms. The van der Waals surface area contributed by atoms with E-state index in [2.05, 4.69) is 10.3 Å². The molecular formula is C12H11F3N2. The molecule has 0 spiro atoms. The van der Waals surface area contributed by atoms with Crippen LogP contribution in [0.1, 0.15) is 17.7 Å². The average molecular weight is 240 g/mol. The smallest absolute Gasteiger partial charge is 0.280 e. The van der Waals surface area contributed by atoms with E-state index in [1.165, 1.54) is 12.1 Å². The van der Waals surface area contributed by atoms with Crippen molar-refractivity contribution >= 4 is 16.6 Å². The highest BCUT2D eigenvalue weighted by molar-refractivity contribution is 5.92. The SMILES string of the molecule is CNc1cc(C(F)F)nc2c(F)cc(C)cc12. The first-order valence-electron chi connectivity index (χ1n) is 5.09. The third-order valence-corrected chi connectivity index (χ3v) is 2.52. The predicted octanol–water partition coefficient (Wildman–Crippen LogP) is 3.66. The Kier molecular flexibility index (Phi) is 2.92. The van der Waals surface area contributed by atoms with Gasteiger partial charge in [-0.05, 0) is 30.7 Å². The number of nitrogens with one attached hydrogen (secondary N) is 1. The maximum absolute atomic E-state index is 13.7. The quantitative estimate of drug-likeness (QED) is 0.866. The minimum Gasteiger partial charge on any atom is -0.388 e. The Morgan fingerprint density at radius 2 is 1.94 bits per heavy atom. The van der Waals surface area contributed by atoms with Crippen LogP contribution in [0.15, 0.2) is 18.2 Å². The van der Waals surface area contributed by atoms with Crippen LogP contribution < -0.4 is 5.32 Å². The molecule has 0 radical (unpaired) electrons. The third kappa shape index (κ3) is 2.05. The van der Waals surface area contributed by atoms with Crippen LogP contribution in [0.3, 0.4) is 0 Å². The number of benzene rings is 1. The zero-order chi connectivity index (χ0) is 12.6. The lowest BCUT2D eigenvalue weighted by Gasteiger charge is -2.10. The van der Waals surface area contributed by atoms with Crippen LogP contribution in [0.2, 0.25) is 0 Å². The molecular weight excluding hydrogens is 229 g/mol. The van der Waals surface area contributed by atoms with Gasteiger partial charge in [0.1, 0.15) is 17.0 Å². The van der Waals surface area contributed by atoms with Crippen molar-refractivity contribution in [3.8, 4) is 0 Å². The monoisotopic (exact) mass is 240 g/mol. The molecule has 0 unspecified atom stereocenters. The zero-order valence-corrected chi connectivity index (χ0v) is 9.39. The Balaban J connectivity index is 2.82. The Bertz CT molecular complexity index is 567. The number of nitrogens with zero attached hydrogens (tertiary/aromatic N) is 1. The van der Waals surface area contributed by atoms with Gasteiger partial charge in [-0.3, -0.25) is 0 Å². The lowest BCUT2D eigenvalue weighted by atomic mass is 10.1. The molecule has 1 heterocycles. The Labute approximate surface area is 96.5 Å². The van der Waals surface area contributed by atoms with Gasteiger partial charge >= 0.3 is 0 Å². The Morgan fingerprint density at radius 3 is 2.53 bits per heavy atom. The van der Waals surface area contributed by atoms with Crippen molar-refractivity contribution in [1.82, 2.24) is 4.98 Å². The summed E-state index contributed by atoms with van der Waals surface area (Å²) in [6.45, 7) is 1.74. The molecule has 0 amide bonds. The van der Waals surface area contributed by atoms with Gasteiger partial charge in [0.2, 0.25) is 0 Å². The van der Waals surface area contributed by atoms with Gasteiger partial charge in [0.15, 0.2) is 0 Å². The molecule has 0 saturated carbocycles. The highest BCUT2D eigenvalue weighted by atomic mass is 19.3. The van der Waals surface area contributed by atoms with Crippen LogP contribution >= 0.6 is 0 Å². The van der Waals surface area contributed by atoms with Crippen LogP contribution in [-0.2, 0) is 0 Å². The van der Waals surface area contributed by atoms with Crippen molar-refractivity contribution in [3.63, 3.8) is 0 Å². The summed E-state index contributed by atoms with van der Waals surface area (Å²) in [5.74, 6) is -0.584. The maximum atomic E-state index is 13.7. The van der Waals surface area contributed by atoms with Gasteiger partial charge in [0.25, 0.3) is 6.43 Å². The predicted molar refractivity (Wildman–Crippen MR) is 60.9 cm³/mol. The second-order valence-corrected chi connectivity index (χ2v) is 3.79. The van der Waals surface area contributed by atoms with Crippen molar-refractivity contribution in [2.75, 3.05) is 12.4 Å². The molecule has 1 N–H and O–H groups in total. The van der Waals surface area contributed by atoms with Crippen LogP contribution in [0.5, 0.6) is 0 Å². The van der Waals surface area contributed by atoms with Crippen LogP contribution in [0.25, 0.3) is 10.9 Å². The summed E-state index contributed by atoms with van der Waals surface area (Å²) in [7, 11) is 1.60. The molecule has 0 aliphatic carbocycles. The maximum Gasteiger partial charge on any atom is 0.280 e. The highest BCUT2D eigenvalue weighted by Gasteiger charge is 2.15. The molecule has 17 heavy (non-hydrogen) atoms. The molecule has 1 aromatic carbocycles. The van der Waals surface area contributed by atoms with Crippen molar-refractivity contribution in [3.05, 3.63) is 35.3 Å². The fraction of sp³-hybridized carbons (Fsp3) is 0.250. The first kappa shape index (κ1) is 11.7. The molecule has 0 aliphatic heterocycles. The van der Waals surface area contributed by atoms with Gasteiger partial charge in [0, 0.05) is 18.1 Å². The van der Waals surface area contributed by atoms with Gasteiger partial charge in [-0.2, -0.15) is 0 Å². The largest absolute Gasteiger partial charge is 0.388 e. The minimum absolute atomic E-state index is 0.0299. The minimum atomic E-state index is -2.72. The number of hydrogen-bond acceptors (Lipinski definition) is 2. The van der Waals surface area contributed by atoms with E-state index in [1.807, 2.05) is 0 Å². The second kappa shape index (κ2) is 4.24. The topological polar surface area (TPSA) is 24.9 Å². The third-order valence-electron chi connectivity index (χ3n) is 2.52. The summed E-state index contributed by atoms with van der Waals surface area (Å²) in [5.41, 5.74) is 0.716. The summed E-state index contributed by atoms with van der Waals surface area (Å²) in [6.07, 6.45) is -2.72. The molecule has 0 bridgehead atoms. The Morgan fingerprint density at radius 1 is 1.24 bits per heavy atom. The van der Waals surface area contributed by atoms with E-state index in [-0.39, 0.29) is 5.52 Å². The van der Waals surface area contributed by atoms with Crippen LogP contribution in [-0.4, -0.2) is 12.0 Å². The number of rotatable bonds is 2.